The first-order chi connectivity index (χ1) is 11.3. The summed E-state index contributed by atoms with van der Waals surface area (Å²) in [5, 5.41) is 2.61. The number of hydrogen-bond donors (Lipinski definition) is 3. The lowest BCUT2D eigenvalue weighted by molar-refractivity contribution is -0.114. The van der Waals surface area contributed by atoms with Crippen LogP contribution in [0.25, 0.3) is 11.0 Å². The van der Waals surface area contributed by atoms with Crippen LogP contribution in [0, 0.1) is 6.92 Å². The van der Waals surface area contributed by atoms with Gasteiger partial charge in [-0.15, -0.1) is 0 Å². The van der Waals surface area contributed by atoms with Gasteiger partial charge in [0, 0.05) is 12.6 Å². The highest BCUT2D eigenvalue weighted by atomic mass is 32.2. The molecule has 3 N–H and O–H groups in total. The second kappa shape index (κ2) is 5.97. The van der Waals surface area contributed by atoms with Crippen LogP contribution in [0.2, 0.25) is 0 Å². The molecule has 24 heavy (non-hydrogen) atoms. The van der Waals surface area contributed by atoms with Crippen molar-refractivity contribution in [2.45, 2.75) is 18.7 Å². The summed E-state index contributed by atoms with van der Waals surface area (Å²) in [5.74, 6) is 0.491. The molecule has 0 unspecified atom stereocenters. The fraction of sp³-hybridized carbons (Fsp3) is 0.125. The summed E-state index contributed by atoms with van der Waals surface area (Å²) in [6.45, 7) is 3.19. The van der Waals surface area contributed by atoms with Crippen LogP contribution in [0.4, 0.5) is 11.4 Å². The molecule has 0 saturated carbocycles. The Morgan fingerprint density at radius 3 is 2.62 bits per heavy atom. The van der Waals surface area contributed by atoms with E-state index in [2.05, 4.69) is 20.0 Å². The summed E-state index contributed by atoms with van der Waals surface area (Å²) in [6.07, 6.45) is 0. The average molecular weight is 344 g/mol. The minimum atomic E-state index is -3.75. The summed E-state index contributed by atoms with van der Waals surface area (Å²) < 4.78 is 27.6. The highest BCUT2D eigenvalue weighted by Crippen LogP contribution is 2.22. The monoisotopic (exact) mass is 344 g/mol. The molecule has 0 aliphatic rings. The topological polar surface area (TPSA) is 104 Å². The Morgan fingerprint density at radius 2 is 1.88 bits per heavy atom. The highest BCUT2D eigenvalue weighted by Gasteiger charge is 2.16. The SMILES string of the molecule is CC(=O)Nc1cccc(NS(=O)(=O)c2ccc3nc(C)[nH]c3c2)c1. The van der Waals surface area contributed by atoms with E-state index in [9.17, 15) is 13.2 Å². The molecule has 1 amide bonds. The molecule has 1 aromatic heterocycles. The van der Waals surface area contributed by atoms with Crippen molar-refractivity contribution in [1.82, 2.24) is 9.97 Å². The molecule has 3 aromatic rings. The molecule has 0 atom stereocenters. The molecule has 0 fully saturated rings. The van der Waals surface area contributed by atoms with E-state index < -0.39 is 10.0 Å². The zero-order valence-corrected chi connectivity index (χ0v) is 13.9. The molecule has 0 radical (unpaired) electrons. The average Bonchev–Trinajstić information content (AvgIpc) is 2.85. The van der Waals surface area contributed by atoms with Gasteiger partial charge >= 0.3 is 0 Å². The van der Waals surface area contributed by atoms with E-state index in [1.54, 1.807) is 37.3 Å². The number of H-pyrrole nitrogens is 1. The predicted molar refractivity (Wildman–Crippen MR) is 92.4 cm³/mol. The molecular formula is C16H16N4O3S. The number of aromatic amines is 1. The maximum Gasteiger partial charge on any atom is 0.261 e. The van der Waals surface area contributed by atoms with Gasteiger partial charge in [-0.1, -0.05) is 6.07 Å². The second-order valence-electron chi connectivity index (χ2n) is 5.37. The Balaban J connectivity index is 1.90. The number of imidazole rings is 1. The molecule has 2 aromatic carbocycles. The van der Waals surface area contributed by atoms with Gasteiger partial charge in [-0.25, -0.2) is 13.4 Å². The van der Waals surface area contributed by atoms with Crippen LogP contribution in [0.1, 0.15) is 12.7 Å². The van der Waals surface area contributed by atoms with Crippen LogP contribution in [0.5, 0.6) is 0 Å². The first-order valence-corrected chi connectivity index (χ1v) is 8.69. The van der Waals surface area contributed by atoms with Crippen molar-refractivity contribution in [2.75, 3.05) is 10.0 Å². The maximum atomic E-state index is 12.6. The van der Waals surface area contributed by atoms with E-state index in [1.807, 2.05) is 0 Å². The number of sulfonamides is 1. The van der Waals surface area contributed by atoms with Crippen molar-refractivity contribution in [3.63, 3.8) is 0 Å². The number of anilines is 2. The number of carbonyl (C=O) groups is 1. The highest BCUT2D eigenvalue weighted by molar-refractivity contribution is 7.92. The van der Waals surface area contributed by atoms with Gasteiger partial charge in [-0.2, -0.15) is 0 Å². The van der Waals surface area contributed by atoms with Gasteiger partial charge in [-0.05, 0) is 43.3 Å². The Labute approximate surface area is 139 Å². The summed E-state index contributed by atoms with van der Waals surface area (Å²) in [7, 11) is -3.75. The van der Waals surface area contributed by atoms with E-state index in [1.165, 1.54) is 19.1 Å². The van der Waals surface area contributed by atoms with Crippen molar-refractivity contribution >= 4 is 38.3 Å². The number of amides is 1. The van der Waals surface area contributed by atoms with Crippen molar-refractivity contribution in [3.8, 4) is 0 Å². The minimum Gasteiger partial charge on any atom is -0.342 e. The van der Waals surface area contributed by atoms with Crippen molar-refractivity contribution in [3.05, 3.63) is 48.3 Å². The van der Waals surface area contributed by atoms with E-state index in [0.29, 0.717) is 22.4 Å². The summed E-state index contributed by atoms with van der Waals surface area (Å²) >= 11 is 0. The summed E-state index contributed by atoms with van der Waals surface area (Å²) in [4.78, 5) is 18.5. The molecule has 7 nitrogen and oxygen atoms in total. The van der Waals surface area contributed by atoms with E-state index in [0.717, 1.165) is 5.82 Å². The van der Waals surface area contributed by atoms with Gasteiger partial charge in [-0.3, -0.25) is 9.52 Å². The Hall–Kier alpha value is -2.87. The molecule has 0 saturated heterocycles. The zero-order chi connectivity index (χ0) is 17.3. The molecule has 124 valence electrons. The fourth-order valence-electron chi connectivity index (χ4n) is 2.36. The van der Waals surface area contributed by atoms with Crippen LogP contribution in [0.3, 0.4) is 0 Å². The van der Waals surface area contributed by atoms with E-state index in [4.69, 9.17) is 0 Å². The molecule has 0 aliphatic carbocycles. The van der Waals surface area contributed by atoms with Crippen LogP contribution in [-0.4, -0.2) is 24.3 Å². The number of fused-ring (bicyclic) bond motifs is 1. The van der Waals surface area contributed by atoms with Crippen LogP contribution < -0.4 is 10.0 Å². The fourth-order valence-corrected chi connectivity index (χ4v) is 3.44. The third-order valence-electron chi connectivity index (χ3n) is 3.32. The van der Waals surface area contributed by atoms with Gasteiger partial charge in [0.25, 0.3) is 10.0 Å². The Bertz CT molecular complexity index is 1020. The van der Waals surface area contributed by atoms with E-state index >= 15 is 0 Å². The molecule has 0 bridgehead atoms. The van der Waals surface area contributed by atoms with Crippen LogP contribution in [0.15, 0.2) is 47.4 Å². The Morgan fingerprint density at radius 1 is 1.12 bits per heavy atom. The molecular weight excluding hydrogens is 328 g/mol. The van der Waals surface area contributed by atoms with Crippen molar-refractivity contribution in [2.24, 2.45) is 0 Å². The number of aryl methyl sites for hydroxylation is 1. The molecule has 1 heterocycles. The second-order valence-corrected chi connectivity index (χ2v) is 7.05. The normalized spacial score (nSPS) is 11.4. The first-order valence-electron chi connectivity index (χ1n) is 7.20. The lowest BCUT2D eigenvalue weighted by atomic mass is 10.3. The standard InChI is InChI=1S/C16H16N4O3S/c1-10-17-15-7-6-14(9-16(15)18-10)24(22,23)20-13-5-3-4-12(8-13)19-11(2)21/h3-9,20H,1-2H3,(H,17,18)(H,19,21). The van der Waals surface area contributed by atoms with Gasteiger partial charge in [0.2, 0.25) is 5.91 Å². The maximum absolute atomic E-state index is 12.6. The third-order valence-corrected chi connectivity index (χ3v) is 4.70. The number of aromatic nitrogens is 2. The first kappa shape index (κ1) is 16.0. The number of nitrogens with one attached hydrogen (secondary N) is 3. The van der Waals surface area contributed by atoms with Gasteiger partial charge in [0.15, 0.2) is 0 Å². The largest absolute Gasteiger partial charge is 0.342 e. The molecule has 8 heteroatoms. The van der Waals surface area contributed by atoms with Gasteiger partial charge in [0.05, 0.1) is 21.6 Å². The van der Waals surface area contributed by atoms with Gasteiger partial charge < -0.3 is 10.3 Å². The predicted octanol–water partition coefficient (Wildman–Crippen LogP) is 2.63. The summed E-state index contributed by atoms with van der Waals surface area (Å²) in [6, 6.07) is 11.2. The number of hydrogen-bond acceptors (Lipinski definition) is 4. The molecule has 3 rings (SSSR count). The van der Waals surface area contributed by atoms with E-state index in [-0.39, 0.29) is 10.8 Å². The van der Waals surface area contributed by atoms with Crippen LogP contribution >= 0.6 is 0 Å². The molecule has 0 aliphatic heterocycles. The lowest BCUT2D eigenvalue weighted by Gasteiger charge is -2.10. The number of rotatable bonds is 4. The number of carbonyl (C=O) groups excluding carboxylic acids is 1. The third kappa shape index (κ3) is 3.38. The van der Waals surface area contributed by atoms with Crippen LogP contribution in [-0.2, 0) is 14.8 Å². The summed E-state index contributed by atoms with van der Waals surface area (Å²) in [5.41, 5.74) is 2.24. The molecule has 0 spiro atoms. The van der Waals surface area contributed by atoms with Gasteiger partial charge in [0.1, 0.15) is 5.82 Å². The van der Waals surface area contributed by atoms with Crippen molar-refractivity contribution < 1.29 is 13.2 Å². The lowest BCUT2D eigenvalue weighted by Crippen LogP contribution is -2.13. The Kier molecular flexibility index (Phi) is 3.98. The number of benzene rings is 2. The number of nitrogens with zero attached hydrogens (tertiary/aromatic N) is 1. The smallest absolute Gasteiger partial charge is 0.261 e. The quantitative estimate of drug-likeness (QED) is 0.677. The van der Waals surface area contributed by atoms with Crippen molar-refractivity contribution in [1.29, 1.82) is 0 Å². The zero-order valence-electron chi connectivity index (χ0n) is 13.1. The minimum absolute atomic E-state index is 0.128.